The van der Waals surface area contributed by atoms with Crippen molar-refractivity contribution in [2.24, 2.45) is 0 Å². The van der Waals surface area contributed by atoms with Gasteiger partial charge in [0.15, 0.2) is 5.78 Å². The number of rotatable bonds is 6. The Morgan fingerprint density at radius 1 is 1.23 bits per heavy atom. The molecular weight excluding hydrogens is 389 g/mol. The van der Waals surface area contributed by atoms with Gasteiger partial charge in [0.25, 0.3) is 0 Å². The highest BCUT2D eigenvalue weighted by atomic mass is 79.9. The second kappa shape index (κ2) is 7.97. The molecule has 0 spiro atoms. The average Bonchev–Trinajstić information content (AvgIpc) is 2.53. The minimum absolute atomic E-state index is 0.122. The van der Waals surface area contributed by atoms with Gasteiger partial charge >= 0.3 is 0 Å². The quantitative estimate of drug-likeness (QED) is 0.557. The Kier molecular flexibility index (Phi) is 6.26. The summed E-state index contributed by atoms with van der Waals surface area (Å²) in [7, 11) is 0. The molecule has 2 aromatic rings. The number of hydrogen-bond donors (Lipinski definition) is 2. The van der Waals surface area contributed by atoms with E-state index in [1.165, 1.54) is 0 Å². The van der Waals surface area contributed by atoms with Gasteiger partial charge in [0, 0.05) is 27.8 Å². The number of aliphatic hydroxyl groups is 1. The maximum Gasteiger partial charge on any atom is 0.196 e. The molecule has 0 bridgehead atoms. The lowest BCUT2D eigenvalue weighted by Gasteiger charge is -2.14. The van der Waals surface area contributed by atoms with E-state index >= 15 is 0 Å². The molecule has 22 heavy (non-hydrogen) atoms. The molecule has 3 nitrogen and oxygen atoms in total. The van der Waals surface area contributed by atoms with E-state index in [4.69, 9.17) is 23.2 Å². The van der Waals surface area contributed by atoms with E-state index in [9.17, 15) is 9.90 Å². The Balaban J connectivity index is 2.35. The maximum absolute atomic E-state index is 12.7. The van der Waals surface area contributed by atoms with Crippen LogP contribution in [-0.4, -0.2) is 29.4 Å². The Bertz CT molecular complexity index is 679. The summed E-state index contributed by atoms with van der Waals surface area (Å²) in [5.41, 5.74) is 1.53. The van der Waals surface area contributed by atoms with Gasteiger partial charge in [0.05, 0.1) is 17.0 Å². The summed E-state index contributed by atoms with van der Waals surface area (Å²) in [6.45, 7) is 0.258. The van der Waals surface area contributed by atoms with Gasteiger partial charge < -0.3 is 10.4 Å². The maximum atomic E-state index is 12.7. The SMILES string of the molecule is O=C(c1ccccc1Cl)c1cc(Br)ccc1NCC(O)CCl. The molecule has 2 aromatic carbocycles. The fourth-order valence-electron chi connectivity index (χ4n) is 1.93. The summed E-state index contributed by atoms with van der Waals surface area (Å²) < 4.78 is 0.784. The molecule has 0 fully saturated rings. The van der Waals surface area contributed by atoms with Crippen LogP contribution in [0.3, 0.4) is 0 Å². The first-order valence-corrected chi connectivity index (χ1v) is 8.30. The van der Waals surface area contributed by atoms with Gasteiger partial charge in [0.1, 0.15) is 0 Å². The number of alkyl halides is 1. The number of anilines is 1. The first-order valence-electron chi connectivity index (χ1n) is 6.59. The van der Waals surface area contributed by atoms with Crippen LogP contribution in [0.5, 0.6) is 0 Å². The fraction of sp³-hybridized carbons (Fsp3) is 0.188. The molecule has 0 aromatic heterocycles. The van der Waals surface area contributed by atoms with Crippen LogP contribution in [0.15, 0.2) is 46.9 Å². The number of nitrogens with one attached hydrogen (secondary N) is 1. The zero-order valence-electron chi connectivity index (χ0n) is 11.5. The lowest BCUT2D eigenvalue weighted by Crippen LogP contribution is -2.22. The summed E-state index contributed by atoms with van der Waals surface area (Å²) in [6.07, 6.45) is -0.687. The Labute approximate surface area is 147 Å². The van der Waals surface area contributed by atoms with Crippen molar-refractivity contribution in [3.63, 3.8) is 0 Å². The number of aliphatic hydroxyl groups excluding tert-OH is 1. The Morgan fingerprint density at radius 3 is 2.64 bits per heavy atom. The number of benzene rings is 2. The van der Waals surface area contributed by atoms with Crippen LogP contribution in [0.4, 0.5) is 5.69 Å². The largest absolute Gasteiger partial charge is 0.390 e. The van der Waals surface area contributed by atoms with Gasteiger partial charge in [-0.25, -0.2) is 0 Å². The van der Waals surface area contributed by atoms with Crippen molar-refractivity contribution < 1.29 is 9.90 Å². The van der Waals surface area contributed by atoms with Crippen LogP contribution in [0.1, 0.15) is 15.9 Å². The molecule has 0 aliphatic carbocycles. The molecule has 2 N–H and O–H groups in total. The predicted octanol–water partition coefficient (Wildman–Crippen LogP) is 4.35. The lowest BCUT2D eigenvalue weighted by atomic mass is 10.0. The minimum Gasteiger partial charge on any atom is -0.390 e. The van der Waals surface area contributed by atoms with E-state index in [0.29, 0.717) is 21.8 Å². The van der Waals surface area contributed by atoms with Crippen LogP contribution in [0.25, 0.3) is 0 Å². The Morgan fingerprint density at radius 2 is 1.95 bits per heavy atom. The van der Waals surface area contributed by atoms with E-state index in [0.717, 1.165) is 4.47 Å². The zero-order valence-corrected chi connectivity index (χ0v) is 14.6. The van der Waals surface area contributed by atoms with Crippen molar-refractivity contribution in [3.05, 3.63) is 63.1 Å². The van der Waals surface area contributed by atoms with Crippen molar-refractivity contribution in [3.8, 4) is 0 Å². The van der Waals surface area contributed by atoms with Crippen molar-refractivity contribution in [2.75, 3.05) is 17.7 Å². The van der Waals surface area contributed by atoms with Crippen LogP contribution in [-0.2, 0) is 0 Å². The summed E-state index contributed by atoms with van der Waals surface area (Å²) >= 11 is 15.0. The molecule has 0 saturated heterocycles. The van der Waals surface area contributed by atoms with Crippen molar-refractivity contribution in [2.45, 2.75) is 6.10 Å². The third-order valence-corrected chi connectivity index (χ3v) is 4.23. The molecule has 0 heterocycles. The summed E-state index contributed by atoms with van der Waals surface area (Å²) in [6, 6.07) is 12.2. The second-order valence-corrected chi connectivity index (χ2v) is 6.32. The molecule has 116 valence electrons. The molecular formula is C16H14BrCl2NO2. The van der Waals surface area contributed by atoms with Gasteiger partial charge in [-0.3, -0.25) is 4.79 Å². The molecule has 1 atom stereocenters. The van der Waals surface area contributed by atoms with Crippen LogP contribution < -0.4 is 5.32 Å². The molecule has 2 rings (SSSR count). The van der Waals surface area contributed by atoms with Crippen molar-refractivity contribution in [1.29, 1.82) is 0 Å². The number of halogens is 3. The molecule has 0 radical (unpaired) electrons. The lowest BCUT2D eigenvalue weighted by molar-refractivity contribution is 0.103. The van der Waals surface area contributed by atoms with E-state index in [-0.39, 0.29) is 18.2 Å². The van der Waals surface area contributed by atoms with Gasteiger partial charge in [-0.05, 0) is 30.3 Å². The summed E-state index contributed by atoms with van der Waals surface area (Å²) in [5, 5.41) is 13.0. The first kappa shape index (κ1) is 17.3. The smallest absolute Gasteiger partial charge is 0.196 e. The molecule has 0 saturated carbocycles. The molecule has 1 unspecified atom stereocenters. The van der Waals surface area contributed by atoms with E-state index in [2.05, 4.69) is 21.2 Å². The van der Waals surface area contributed by atoms with E-state index in [1.54, 1.807) is 36.4 Å². The van der Waals surface area contributed by atoms with Crippen molar-refractivity contribution in [1.82, 2.24) is 0 Å². The number of ketones is 1. The number of carbonyl (C=O) groups excluding carboxylic acids is 1. The number of hydrogen-bond acceptors (Lipinski definition) is 3. The van der Waals surface area contributed by atoms with Crippen molar-refractivity contribution >= 4 is 50.6 Å². The predicted molar refractivity (Wildman–Crippen MR) is 94.2 cm³/mol. The second-order valence-electron chi connectivity index (χ2n) is 4.69. The van der Waals surface area contributed by atoms with E-state index < -0.39 is 6.10 Å². The number of carbonyl (C=O) groups is 1. The molecule has 6 heteroatoms. The molecule has 0 aliphatic rings. The topological polar surface area (TPSA) is 49.3 Å². The fourth-order valence-corrected chi connectivity index (χ4v) is 2.62. The van der Waals surface area contributed by atoms with Gasteiger partial charge in [-0.1, -0.05) is 39.7 Å². The molecule has 0 amide bonds. The average molecular weight is 403 g/mol. The highest BCUT2D eigenvalue weighted by molar-refractivity contribution is 9.10. The third-order valence-electron chi connectivity index (χ3n) is 3.05. The summed E-state index contributed by atoms with van der Waals surface area (Å²) in [4.78, 5) is 12.7. The minimum atomic E-state index is -0.687. The first-order chi connectivity index (χ1) is 10.5. The molecule has 0 aliphatic heterocycles. The van der Waals surface area contributed by atoms with Gasteiger partial charge in [-0.15, -0.1) is 11.6 Å². The highest BCUT2D eigenvalue weighted by Crippen LogP contribution is 2.26. The van der Waals surface area contributed by atoms with Crippen LogP contribution >= 0.6 is 39.1 Å². The standard InChI is InChI=1S/C16H14BrCl2NO2/c17-10-5-6-15(20-9-11(21)8-18)13(7-10)16(22)12-3-1-2-4-14(12)19/h1-7,11,20-21H,8-9H2. The highest BCUT2D eigenvalue weighted by Gasteiger charge is 2.17. The van der Waals surface area contributed by atoms with Gasteiger partial charge in [0.2, 0.25) is 0 Å². The van der Waals surface area contributed by atoms with Crippen LogP contribution in [0, 0.1) is 0 Å². The van der Waals surface area contributed by atoms with E-state index in [1.807, 2.05) is 6.07 Å². The van der Waals surface area contributed by atoms with Crippen LogP contribution in [0.2, 0.25) is 5.02 Å². The Hall–Kier alpha value is -1.07. The normalized spacial score (nSPS) is 12.0. The monoisotopic (exact) mass is 401 g/mol. The third kappa shape index (κ3) is 4.23. The zero-order chi connectivity index (χ0) is 16.1. The van der Waals surface area contributed by atoms with Gasteiger partial charge in [-0.2, -0.15) is 0 Å². The summed E-state index contributed by atoms with van der Waals surface area (Å²) in [5.74, 6) is -0.0631.